The van der Waals surface area contributed by atoms with Gasteiger partial charge < -0.3 is 14.8 Å². The summed E-state index contributed by atoms with van der Waals surface area (Å²) in [5.74, 6) is 2.43. The molecular weight excluding hydrogens is 318 g/mol. The highest BCUT2D eigenvalue weighted by atomic mass is 79.9. The van der Waals surface area contributed by atoms with Crippen LogP contribution in [0.15, 0.2) is 16.6 Å². The molecule has 0 heterocycles. The third kappa shape index (κ3) is 3.89. The van der Waals surface area contributed by atoms with Crippen LogP contribution in [0, 0.1) is 5.92 Å². The number of nitrogens with one attached hydrogen (secondary N) is 1. The van der Waals surface area contributed by atoms with Crippen LogP contribution in [-0.4, -0.2) is 20.3 Å². The van der Waals surface area contributed by atoms with Gasteiger partial charge >= 0.3 is 0 Å². The van der Waals surface area contributed by atoms with Gasteiger partial charge in [-0.15, -0.1) is 0 Å². The van der Waals surface area contributed by atoms with Gasteiger partial charge in [0.05, 0.1) is 14.2 Å². The van der Waals surface area contributed by atoms with Gasteiger partial charge in [0, 0.05) is 17.1 Å². The van der Waals surface area contributed by atoms with E-state index in [1.54, 1.807) is 14.2 Å². The molecule has 2 rings (SSSR count). The predicted octanol–water partition coefficient (Wildman–Crippen LogP) is 4.13. The van der Waals surface area contributed by atoms with Crippen molar-refractivity contribution >= 4 is 15.9 Å². The fourth-order valence-electron chi connectivity index (χ4n) is 2.75. The number of hydrogen-bond donors (Lipinski definition) is 1. The van der Waals surface area contributed by atoms with Crippen molar-refractivity contribution in [2.75, 3.05) is 14.2 Å². The summed E-state index contributed by atoms with van der Waals surface area (Å²) in [5.41, 5.74) is 1.21. The first-order chi connectivity index (χ1) is 9.63. The normalized spacial score (nSPS) is 22.6. The molecule has 0 radical (unpaired) electrons. The lowest BCUT2D eigenvalue weighted by atomic mass is 9.87. The lowest BCUT2D eigenvalue weighted by molar-refractivity contribution is 0.306. The Morgan fingerprint density at radius 1 is 1.10 bits per heavy atom. The molecule has 20 heavy (non-hydrogen) atoms. The van der Waals surface area contributed by atoms with Crippen LogP contribution in [0.1, 0.15) is 38.2 Å². The van der Waals surface area contributed by atoms with Crippen LogP contribution in [0.5, 0.6) is 11.5 Å². The summed E-state index contributed by atoms with van der Waals surface area (Å²) in [5, 5.41) is 3.66. The first kappa shape index (κ1) is 15.6. The van der Waals surface area contributed by atoms with Crippen molar-refractivity contribution in [2.24, 2.45) is 5.92 Å². The molecule has 0 aromatic heterocycles. The maximum absolute atomic E-state index is 5.36. The standard InChI is InChI=1S/C16H24BrNO2/c1-11-4-6-13(7-5-11)18-10-12-8-15(19-2)16(20-3)9-14(12)17/h8-9,11,13,18H,4-7,10H2,1-3H3. The topological polar surface area (TPSA) is 30.5 Å². The summed E-state index contributed by atoms with van der Waals surface area (Å²) >= 11 is 3.61. The van der Waals surface area contributed by atoms with Crippen molar-refractivity contribution in [3.05, 3.63) is 22.2 Å². The van der Waals surface area contributed by atoms with E-state index in [0.717, 1.165) is 28.4 Å². The van der Waals surface area contributed by atoms with E-state index in [0.29, 0.717) is 6.04 Å². The van der Waals surface area contributed by atoms with Crippen molar-refractivity contribution in [3.8, 4) is 11.5 Å². The number of hydrogen-bond acceptors (Lipinski definition) is 3. The molecule has 1 N–H and O–H groups in total. The van der Waals surface area contributed by atoms with Gasteiger partial charge in [0.1, 0.15) is 0 Å². The molecule has 1 aromatic rings. The number of ether oxygens (including phenoxy) is 2. The minimum absolute atomic E-state index is 0.645. The minimum Gasteiger partial charge on any atom is -0.493 e. The number of methoxy groups -OCH3 is 2. The zero-order chi connectivity index (χ0) is 14.5. The third-order valence-corrected chi connectivity index (χ3v) is 4.89. The summed E-state index contributed by atoms with van der Waals surface area (Å²) in [6.07, 6.45) is 5.24. The van der Waals surface area contributed by atoms with E-state index in [2.05, 4.69) is 28.2 Å². The monoisotopic (exact) mass is 341 g/mol. The quantitative estimate of drug-likeness (QED) is 0.873. The van der Waals surface area contributed by atoms with Crippen LogP contribution in [0.4, 0.5) is 0 Å². The second-order valence-corrected chi connectivity index (χ2v) is 6.49. The molecule has 0 aliphatic heterocycles. The molecule has 1 aromatic carbocycles. The van der Waals surface area contributed by atoms with Crippen molar-refractivity contribution in [1.29, 1.82) is 0 Å². The molecule has 0 spiro atoms. The third-order valence-electron chi connectivity index (χ3n) is 4.15. The Morgan fingerprint density at radius 3 is 2.30 bits per heavy atom. The largest absolute Gasteiger partial charge is 0.493 e. The molecular formula is C16H24BrNO2. The molecule has 4 heteroatoms. The van der Waals surface area contributed by atoms with Crippen LogP contribution in [-0.2, 0) is 6.54 Å². The van der Waals surface area contributed by atoms with Gasteiger partial charge in [-0.05, 0) is 49.3 Å². The molecule has 0 amide bonds. The molecule has 0 saturated heterocycles. The van der Waals surface area contributed by atoms with Crippen LogP contribution in [0.3, 0.4) is 0 Å². The van der Waals surface area contributed by atoms with Crippen LogP contribution in [0.2, 0.25) is 0 Å². The van der Waals surface area contributed by atoms with Gasteiger partial charge in [-0.1, -0.05) is 22.9 Å². The highest BCUT2D eigenvalue weighted by Gasteiger charge is 2.18. The SMILES string of the molecule is COc1cc(Br)c(CNC2CCC(C)CC2)cc1OC. The first-order valence-corrected chi connectivity index (χ1v) is 8.07. The lowest BCUT2D eigenvalue weighted by Gasteiger charge is -2.27. The van der Waals surface area contributed by atoms with Gasteiger partial charge in [0.2, 0.25) is 0 Å². The van der Waals surface area contributed by atoms with Gasteiger partial charge in [-0.2, -0.15) is 0 Å². The highest BCUT2D eigenvalue weighted by molar-refractivity contribution is 9.10. The minimum atomic E-state index is 0.645. The van der Waals surface area contributed by atoms with E-state index in [-0.39, 0.29) is 0 Å². The second kappa shape index (κ2) is 7.32. The Labute approximate surface area is 130 Å². The van der Waals surface area contributed by atoms with Crippen molar-refractivity contribution in [1.82, 2.24) is 5.32 Å². The van der Waals surface area contributed by atoms with E-state index in [9.17, 15) is 0 Å². The zero-order valence-electron chi connectivity index (χ0n) is 12.5. The Hall–Kier alpha value is -0.740. The van der Waals surface area contributed by atoms with E-state index in [1.807, 2.05) is 12.1 Å². The van der Waals surface area contributed by atoms with Crippen molar-refractivity contribution in [3.63, 3.8) is 0 Å². The fourth-order valence-corrected chi connectivity index (χ4v) is 3.21. The Bertz CT molecular complexity index is 442. The van der Waals surface area contributed by atoms with Gasteiger partial charge in [0.25, 0.3) is 0 Å². The van der Waals surface area contributed by atoms with Gasteiger partial charge in [-0.3, -0.25) is 0 Å². The van der Waals surface area contributed by atoms with Crippen LogP contribution < -0.4 is 14.8 Å². The molecule has 1 aliphatic rings. The smallest absolute Gasteiger partial charge is 0.161 e. The van der Waals surface area contributed by atoms with Crippen LogP contribution in [0.25, 0.3) is 0 Å². The van der Waals surface area contributed by atoms with Gasteiger partial charge in [0.15, 0.2) is 11.5 Å². The van der Waals surface area contributed by atoms with Crippen molar-refractivity contribution < 1.29 is 9.47 Å². The summed E-state index contributed by atoms with van der Waals surface area (Å²) in [7, 11) is 3.33. The van der Waals surface area contributed by atoms with E-state index in [1.165, 1.54) is 31.2 Å². The molecule has 1 saturated carbocycles. The summed E-state index contributed by atoms with van der Waals surface area (Å²) < 4.78 is 11.7. The maximum atomic E-state index is 5.36. The zero-order valence-corrected chi connectivity index (χ0v) is 14.1. The number of halogens is 1. The van der Waals surface area contributed by atoms with Crippen LogP contribution >= 0.6 is 15.9 Å². The molecule has 112 valence electrons. The maximum Gasteiger partial charge on any atom is 0.161 e. The highest BCUT2D eigenvalue weighted by Crippen LogP contribution is 2.33. The summed E-state index contributed by atoms with van der Waals surface area (Å²) in [6.45, 7) is 3.21. The number of rotatable bonds is 5. The molecule has 3 nitrogen and oxygen atoms in total. The predicted molar refractivity (Wildman–Crippen MR) is 85.5 cm³/mol. The Morgan fingerprint density at radius 2 is 1.70 bits per heavy atom. The molecule has 0 atom stereocenters. The molecule has 0 bridgehead atoms. The van der Waals surface area contributed by atoms with E-state index >= 15 is 0 Å². The summed E-state index contributed by atoms with van der Waals surface area (Å²) in [6, 6.07) is 4.66. The first-order valence-electron chi connectivity index (χ1n) is 7.27. The average molecular weight is 342 g/mol. The lowest BCUT2D eigenvalue weighted by Crippen LogP contribution is -2.32. The molecule has 0 unspecified atom stereocenters. The Kier molecular flexibility index (Phi) is 5.73. The second-order valence-electron chi connectivity index (χ2n) is 5.64. The fraction of sp³-hybridized carbons (Fsp3) is 0.625. The summed E-state index contributed by atoms with van der Waals surface area (Å²) in [4.78, 5) is 0. The van der Waals surface area contributed by atoms with Crippen molar-refractivity contribution in [2.45, 2.75) is 45.2 Å². The average Bonchev–Trinajstić information content (AvgIpc) is 2.47. The molecule has 1 fully saturated rings. The van der Waals surface area contributed by atoms with Gasteiger partial charge in [-0.25, -0.2) is 0 Å². The van der Waals surface area contributed by atoms with E-state index < -0.39 is 0 Å². The van der Waals surface area contributed by atoms with E-state index in [4.69, 9.17) is 9.47 Å². The Balaban J connectivity index is 1.98. The number of benzene rings is 1. The molecule has 1 aliphatic carbocycles.